The van der Waals surface area contributed by atoms with Gasteiger partial charge in [-0.3, -0.25) is 9.52 Å². The molecule has 0 aliphatic carbocycles. The highest BCUT2D eigenvalue weighted by atomic mass is 35.5. The van der Waals surface area contributed by atoms with Crippen molar-refractivity contribution >= 4 is 79.4 Å². The number of carbonyl (C=O) groups is 2. The largest absolute Gasteiger partial charge is 0.422 e. The maximum Gasteiger partial charge on any atom is 0.345 e. The molecule has 43 heavy (non-hydrogen) atoms. The monoisotopic (exact) mass is 651 g/mol. The summed E-state index contributed by atoms with van der Waals surface area (Å²) in [5.41, 5.74) is 3.02. The summed E-state index contributed by atoms with van der Waals surface area (Å²) in [7, 11) is -4.01. The Morgan fingerprint density at radius 2 is 1.47 bits per heavy atom. The third kappa shape index (κ3) is 6.98. The molecule has 5 aromatic carbocycles. The zero-order chi connectivity index (χ0) is 30.6. The molecular weight excluding hydrogens is 633 g/mol. The Labute approximate surface area is 261 Å². The van der Waals surface area contributed by atoms with E-state index in [1.165, 1.54) is 60.8 Å². The molecule has 5 rings (SSSR count). The third-order valence-corrected chi connectivity index (χ3v) is 8.37. The Kier molecular flexibility index (Phi) is 8.98. The van der Waals surface area contributed by atoms with Gasteiger partial charge in [-0.2, -0.15) is 5.10 Å². The molecule has 2 N–H and O–H groups in total. The summed E-state index contributed by atoms with van der Waals surface area (Å²) in [5.74, 6) is -1.22. The first-order valence-electron chi connectivity index (χ1n) is 12.5. The molecule has 0 saturated heterocycles. The first-order chi connectivity index (χ1) is 20.6. The number of benzene rings is 5. The topological polar surface area (TPSA) is 114 Å². The summed E-state index contributed by atoms with van der Waals surface area (Å²) in [4.78, 5) is 26.0. The molecule has 0 fully saturated rings. The Morgan fingerprint density at radius 3 is 2.23 bits per heavy atom. The number of nitrogens with one attached hydrogen (secondary N) is 2. The number of sulfonamides is 1. The number of anilines is 1. The first kappa shape index (κ1) is 30.1. The molecule has 0 aliphatic rings. The van der Waals surface area contributed by atoms with Gasteiger partial charge in [-0.15, -0.1) is 0 Å². The van der Waals surface area contributed by atoms with Crippen LogP contribution in [0.3, 0.4) is 0 Å². The molecule has 5 aromatic rings. The molecule has 216 valence electrons. The zero-order valence-corrected chi connectivity index (χ0v) is 25.0. The van der Waals surface area contributed by atoms with E-state index in [1.807, 2.05) is 24.3 Å². The van der Waals surface area contributed by atoms with E-state index in [-0.39, 0.29) is 32.5 Å². The van der Waals surface area contributed by atoms with Crippen LogP contribution in [0, 0.1) is 0 Å². The predicted octanol–water partition coefficient (Wildman–Crippen LogP) is 7.58. The van der Waals surface area contributed by atoms with E-state index in [0.29, 0.717) is 21.0 Å². The molecule has 0 bridgehead atoms. The van der Waals surface area contributed by atoms with E-state index >= 15 is 0 Å². The molecule has 0 unspecified atom stereocenters. The molecular formula is C31H20Cl3N3O5S. The Bertz CT molecular complexity index is 2000. The summed E-state index contributed by atoms with van der Waals surface area (Å²) in [6, 6.07) is 26.8. The Hall–Kier alpha value is -4.41. The van der Waals surface area contributed by atoms with Gasteiger partial charge in [-0.1, -0.05) is 77.3 Å². The van der Waals surface area contributed by atoms with E-state index in [0.717, 1.165) is 5.39 Å². The average Bonchev–Trinajstić information content (AvgIpc) is 2.98. The van der Waals surface area contributed by atoms with Crippen molar-refractivity contribution in [2.75, 3.05) is 4.72 Å². The number of hydrogen-bond donors (Lipinski definition) is 2. The minimum Gasteiger partial charge on any atom is -0.422 e. The van der Waals surface area contributed by atoms with Crippen molar-refractivity contribution in [2.45, 2.75) is 4.90 Å². The fraction of sp³-hybridized carbons (Fsp3) is 0. The number of amides is 1. The fourth-order valence-electron chi connectivity index (χ4n) is 4.11. The van der Waals surface area contributed by atoms with Crippen LogP contribution in [0.15, 0.2) is 113 Å². The molecule has 12 heteroatoms. The van der Waals surface area contributed by atoms with Crippen LogP contribution in [0.2, 0.25) is 15.1 Å². The number of halogens is 3. The number of nitrogens with zero attached hydrogens (tertiary/aromatic N) is 1. The van der Waals surface area contributed by atoms with Gasteiger partial charge < -0.3 is 4.74 Å². The lowest BCUT2D eigenvalue weighted by Crippen LogP contribution is -2.21. The van der Waals surface area contributed by atoms with Crippen molar-refractivity contribution in [3.63, 3.8) is 0 Å². The number of para-hydroxylation sites is 1. The van der Waals surface area contributed by atoms with Gasteiger partial charge in [0, 0.05) is 15.6 Å². The molecule has 0 heterocycles. The van der Waals surface area contributed by atoms with E-state index < -0.39 is 21.9 Å². The molecule has 1 amide bonds. The maximum absolute atomic E-state index is 13.1. The first-order valence-corrected chi connectivity index (χ1v) is 15.1. The van der Waals surface area contributed by atoms with Crippen LogP contribution >= 0.6 is 34.8 Å². The van der Waals surface area contributed by atoms with Gasteiger partial charge in [0.15, 0.2) is 0 Å². The normalized spacial score (nSPS) is 11.4. The van der Waals surface area contributed by atoms with Gasteiger partial charge in [-0.25, -0.2) is 18.6 Å². The highest BCUT2D eigenvalue weighted by Crippen LogP contribution is 2.29. The van der Waals surface area contributed by atoms with Crippen LogP contribution in [0.1, 0.15) is 26.3 Å². The third-order valence-electron chi connectivity index (χ3n) is 6.18. The van der Waals surface area contributed by atoms with Gasteiger partial charge in [0.2, 0.25) is 0 Å². The quantitative estimate of drug-likeness (QED) is 0.0776. The number of hydrogen-bond acceptors (Lipinski definition) is 6. The molecule has 0 radical (unpaired) electrons. The van der Waals surface area contributed by atoms with Crippen molar-refractivity contribution in [3.05, 3.63) is 135 Å². The second kappa shape index (κ2) is 12.8. The lowest BCUT2D eigenvalue weighted by molar-refractivity contribution is 0.0734. The molecule has 0 saturated carbocycles. The second-order valence-electron chi connectivity index (χ2n) is 9.02. The highest BCUT2D eigenvalue weighted by molar-refractivity contribution is 7.92. The van der Waals surface area contributed by atoms with Gasteiger partial charge in [0.25, 0.3) is 15.9 Å². The predicted molar refractivity (Wildman–Crippen MR) is 169 cm³/mol. The van der Waals surface area contributed by atoms with Crippen molar-refractivity contribution in [1.29, 1.82) is 0 Å². The van der Waals surface area contributed by atoms with Gasteiger partial charge in [0.05, 0.1) is 32.9 Å². The summed E-state index contributed by atoms with van der Waals surface area (Å²) in [5, 5.41) is 6.51. The molecule has 0 atom stereocenters. The van der Waals surface area contributed by atoms with Crippen LogP contribution in [0.4, 0.5) is 5.69 Å². The number of rotatable bonds is 8. The van der Waals surface area contributed by atoms with Crippen LogP contribution in [-0.4, -0.2) is 26.5 Å². The van der Waals surface area contributed by atoms with Crippen molar-refractivity contribution in [2.24, 2.45) is 5.10 Å². The van der Waals surface area contributed by atoms with Crippen LogP contribution < -0.4 is 14.9 Å². The van der Waals surface area contributed by atoms with Crippen molar-refractivity contribution in [1.82, 2.24) is 5.43 Å². The summed E-state index contributed by atoms with van der Waals surface area (Å²) in [6.45, 7) is 0. The van der Waals surface area contributed by atoms with Crippen molar-refractivity contribution in [3.8, 4) is 5.75 Å². The van der Waals surface area contributed by atoms with E-state index in [1.54, 1.807) is 24.3 Å². The second-order valence-corrected chi connectivity index (χ2v) is 12.0. The number of ether oxygens (including phenoxy) is 1. The minimum absolute atomic E-state index is 0.0250. The van der Waals surface area contributed by atoms with Gasteiger partial charge >= 0.3 is 5.97 Å². The minimum atomic E-state index is -4.01. The van der Waals surface area contributed by atoms with Crippen molar-refractivity contribution < 1.29 is 22.7 Å². The number of esters is 1. The lowest BCUT2D eigenvalue weighted by Gasteiger charge is -2.12. The van der Waals surface area contributed by atoms with Crippen LogP contribution in [0.5, 0.6) is 5.75 Å². The standard InChI is InChI=1S/C31H20Cl3N3O5S/c32-20-10-13-22(14-11-20)43(40,41)37-28-8-4-3-7-25(28)30(38)36-35-18-26-23-6-2-1-5-19(23)9-16-29(26)42-31(39)24-15-12-21(33)17-27(24)34/h1-18,37H,(H,36,38)/b35-18+. The SMILES string of the molecule is O=C(Oc1ccc2ccccc2c1/C=N/NC(=O)c1ccccc1NS(=O)(=O)c1ccc(Cl)cc1)c1ccc(Cl)cc1Cl. The van der Waals surface area contributed by atoms with Gasteiger partial charge in [-0.05, 0) is 71.4 Å². The molecule has 0 aromatic heterocycles. The Morgan fingerprint density at radius 1 is 0.767 bits per heavy atom. The van der Waals surface area contributed by atoms with E-state index in [4.69, 9.17) is 39.5 Å². The number of hydrazone groups is 1. The maximum atomic E-state index is 13.1. The smallest absolute Gasteiger partial charge is 0.345 e. The molecule has 0 spiro atoms. The Balaban J connectivity index is 1.40. The summed E-state index contributed by atoms with van der Waals surface area (Å²) < 4.78 is 33.9. The molecule has 8 nitrogen and oxygen atoms in total. The van der Waals surface area contributed by atoms with Gasteiger partial charge in [0.1, 0.15) is 5.75 Å². The zero-order valence-electron chi connectivity index (χ0n) is 21.9. The van der Waals surface area contributed by atoms with Crippen LogP contribution in [-0.2, 0) is 10.0 Å². The summed E-state index contributed by atoms with van der Waals surface area (Å²) in [6.07, 6.45) is 1.34. The summed E-state index contributed by atoms with van der Waals surface area (Å²) >= 11 is 18.0. The highest BCUT2D eigenvalue weighted by Gasteiger charge is 2.19. The average molecular weight is 653 g/mol. The number of carbonyl (C=O) groups excluding carboxylic acids is 2. The lowest BCUT2D eigenvalue weighted by atomic mass is 10.0. The fourth-order valence-corrected chi connectivity index (χ4v) is 5.80. The molecule has 0 aliphatic heterocycles. The van der Waals surface area contributed by atoms with E-state index in [9.17, 15) is 18.0 Å². The van der Waals surface area contributed by atoms with Crippen LogP contribution in [0.25, 0.3) is 10.8 Å². The number of fused-ring (bicyclic) bond motifs is 1. The van der Waals surface area contributed by atoms with E-state index in [2.05, 4.69) is 15.2 Å².